The second-order valence-corrected chi connectivity index (χ2v) is 5.91. The molecule has 3 aromatic rings. The van der Waals surface area contributed by atoms with Gasteiger partial charge in [-0.1, -0.05) is 11.6 Å². The Balaban J connectivity index is 1.75. The molecule has 7 nitrogen and oxygen atoms in total. The van der Waals surface area contributed by atoms with Crippen LogP contribution in [-0.2, 0) is 13.1 Å². The Labute approximate surface area is 154 Å². The largest absolute Gasteiger partial charge is 0.467 e. The third-order valence-corrected chi connectivity index (χ3v) is 3.91. The molecule has 0 aliphatic heterocycles. The molecule has 0 atom stereocenters. The number of hydrogen-bond acceptors (Lipinski definition) is 4. The molecule has 0 aliphatic carbocycles. The maximum Gasteiger partial charge on any atom is 0.274 e. The number of carbonyl (C=O) groups is 2. The van der Waals surface area contributed by atoms with Gasteiger partial charge in [-0.3, -0.25) is 14.3 Å². The van der Waals surface area contributed by atoms with Gasteiger partial charge >= 0.3 is 0 Å². The van der Waals surface area contributed by atoms with E-state index in [1.54, 1.807) is 47.3 Å². The number of nitrogens with zero attached hydrogens (tertiary/aromatic N) is 2. The predicted octanol–water partition coefficient (Wildman–Crippen LogP) is 3.33. The lowest BCUT2D eigenvalue weighted by Crippen LogP contribution is -2.25. The van der Waals surface area contributed by atoms with E-state index in [9.17, 15) is 9.59 Å². The zero-order valence-electron chi connectivity index (χ0n) is 14.0. The molecular weight excluding hydrogens is 356 g/mol. The smallest absolute Gasteiger partial charge is 0.274 e. The van der Waals surface area contributed by atoms with Gasteiger partial charge in [-0.2, -0.15) is 5.10 Å². The van der Waals surface area contributed by atoms with Gasteiger partial charge in [0.15, 0.2) is 5.69 Å². The first-order valence-electron chi connectivity index (χ1n) is 8.01. The van der Waals surface area contributed by atoms with Crippen molar-refractivity contribution in [1.82, 2.24) is 15.1 Å². The molecule has 1 aromatic carbocycles. The van der Waals surface area contributed by atoms with Crippen LogP contribution in [-0.4, -0.2) is 21.6 Å². The summed E-state index contributed by atoms with van der Waals surface area (Å²) in [6.45, 7) is 2.69. The van der Waals surface area contributed by atoms with E-state index < -0.39 is 5.91 Å². The molecule has 0 aliphatic rings. The number of benzene rings is 1. The number of nitrogens with one attached hydrogen (secondary N) is 2. The minimum absolute atomic E-state index is 0.140. The van der Waals surface area contributed by atoms with Gasteiger partial charge in [0.05, 0.1) is 18.5 Å². The van der Waals surface area contributed by atoms with Crippen LogP contribution < -0.4 is 10.6 Å². The van der Waals surface area contributed by atoms with E-state index in [1.807, 2.05) is 6.92 Å². The van der Waals surface area contributed by atoms with Crippen molar-refractivity contribution in [2.24, 2.45) is 0 Å². The molecule has 0 saturated heterocycles. The number of aromatic nitrogens is 2. The van der Waals surface area contributed by atoms with Crippen LogP contribution in [0.5, 0.6) is 0 Å². The molecule has 0 fully saturated rings. The summed E-state index contributed by atoms with van der Waals surface area (Å²) < 4.78 is 6.77. The number of rotatable bonds is 6. The van der Waals surface area contributed by atoms with Gasteiger partial charge in [0, 0.05) is 23.3 Å². The fourth-order valence-corrected chi connectivity index (χ4v) is 2.43. The molecule has 2 N–H and O–H groups in total. The van der Waals surface area contributed by atoms with Crippen molar-refractivity contribution in [2.45, 2.75) is 20.0 Å². The molecule has 0 saturated carbocycles. The van der Waals surface area contributed by atoms with E-state index in [4.69, 9.17) is 16.0 Å². The Morgan fingerprint density at radius 2 is 1.96 bits per heavy atom. The monoisotopic (exact) mass is 372 g/mol. The van der Waals surface area contributed by atoms with Crippen LogP contribution in [0, 0.1) is 0 Å². The molecule has 2 heterocycles. The normalized spacial score (nSPS) is 10.5. The molecule has 2 amide bonds. The molecule has 0 bridgehead atoms. The van der Waals surface area contributed by atoms with Crippen LogP contribution in [0.2, 0.25) is 5.02 Å². The van der Waals surface area contributed by atoms with Crippen molar-refractivity contribution in [2.75, 3.05) is 5.32 Å². The molecule has 2 aromatic heterocycles. The van der Waals surface area contributed by atoms with E-state index >= 15 is 0 Å². The number of hydrogen-bond donors (Lipinski definition) is 2. The van der Waals surface area contributed by atoms with Crippen LogP contribution in [0.1, 0.15) is 33.5 Å². The van der Waals surface area contributed by atoms with Gasteiger partial charge in [-0.05, 0) is 43.3 Å². The van der Waals surface area contributed by atoms with Crippen LogP contribution in [0.3, 0.4) is 0 Å². The molecular formula is C18H17ClN4O3. The van der Waals surface area contributed by atoms with E-state index in [0.717, 1.165) is 0 Å². The van der Waals surface area contributed by atoms with Crippen molar-refractivity contribution in [3.8, 4) is 0 Å². The Morgan fingerprint density at radius 1 is 1.19 bits per heavy atom. The highest BCUT2D eigenvalue weighted by Gasteiger charge is 2.19. The maximum absolute atomic E-state index is 12.5. The molecule has 0 unspecified atom stereocenters. The van der Waals surface area contributed by atoms with E-state index in [0.29, 0.717) is 28.6 Å². The highest BCUT2D eigenvalue weighted by Crippen LogP contribution is 2.17. The highest BCUT2D eigenvalue weighted by molar-refractivity contribution is 6.30. The third kappa shape index (κ3) is 4.12. The minimum Gasteiger partial charge on any atom is -0.467 e. The number of aryl methyl sites for hydroxylation is 1. The summed E-state index contributed by atoms with van der Waals surface area (Å²) in [6, 6.07) is 9.97. The third-order valence-electron chi connectivity index (χ3n) is 3.66. The fourth-order valence-electron chi connectivity index (χ4n) is 2.30. The first-order valence-corrected chi connectivity index (χ1v) is 8.39. The number of amides is 2. The lowest BCUT2D eigenvalue weighted by Gasteiger charge is -2.06. The van der Waals surface area contributed by atoms with Crippen LogP contribution in [0.25, 0.3) is 0 Å². The van der Waals surface area contributed by atoms with Crippen LogP contribution in [0.4, 0.5) is 5.69 Å². The zero-order valence-corrected chi connectivity index (χ0v) is 14.8. The van der Waals surface area contributed by atoms with Crippen LogP contribution >= 0.6 is 11.6 Å². The van der Waals surface area contributed by atoms with Crippen molar-refractivity contribution >= 4 is 29.1 Å². The summed E-state index contributed by atoms with van der Waals surface area (Å²) in [7, 11) is 0. The van der Waals surface area contributed by atoms with Gasteiger partial charge in [0.25, 0.3) is 11.8 Å². The first-order chi connectivity index (χ1) is 12.6. The van der Waals surface area contributed by atoms with Crippen molar-refractivity contribution < 1.29 is 14.0 Å². The predicted molar refractivity (Wildman–Crippen MR) is 97.2 cm³/mol. The molecule has 3 rings (SSSR count). The average Bonchev–Trinajstić information content (AvgIpc) is 3.30. The minimum atomic E-state index is -0.403. The quantitative estimate of drug-likeness (QED) is 0.694. The maximum atomic E-state index is 12.5. The summed E-state index contributed by atoms with van der Waals surface area (Å²) in [5, 5.41) is 10.2. The SMILES string of the molecule is CCn1cc(NC(=O)c2ccc(Cl)cc2)c(C(=O)NCc2ccco2)n1. The topological polar surface area (TPSA) is 89.2 Å². The van der Waals surface area contributed by atoms with Gasteiger partial charge < -0.3 is 15.1 Å². The second kappa shape index (κ2) is 7.88. The summed E-state index contributed by atoms with van der Waals surface area (Å²) in [5.41, 5.74) is 0.907. The molecule has 134 valence electrons. The van der Waals surface area contributed by atoms with Gasteiger partial charge in [-0.15, -0.1) is 0 Å². The zero-order chi connectivity index (χ0) is 18.5. The van der Waals surface area contributed by atoms with Crippen molar-refractivity contribution in [3.63, 3.8) is 0 Å². The Morgan fingerprint density at radius 3 is 2.62 bits per heavy atom. The summed E-state index contributed by atoms with van der Waals surface area (Å²) >= 11 is 5.84. The van der Waals surface area contributed by atoms with E-state index in [-0.39, 0.29) is 18.1 Å². The van der Waals surface area contributed by atoms with Crippen molar-refractivity contribution in [3.05, 3.63) is 70.9 Å². The Hall–Kier alpha value is -3.06. The summed E-state index contributed by atoms with van der Waals surface area (Å²) in [5.74, 6) is -0.127. The molecule has 8 heteroatoms. The van der Waals surface area contributed by atoms with Crippen LogP contribution in [0.15, 0.2) is 53.3 Å². The molecule has 0 radical (unpaired) electrons. The first kappa shape index (κ1) is 17.8. The second-order valence-electron chi connectivity index (χ2n) is 5.47. The Kier molecular flexibility index (Phi) is 5.38. The van der Waals surface area contributed by atoms with Gasteiger partial charge in [0.2, 0.25) is 0 Å². The van der Waals surface area contributed by atoms with E-state index in [1.165, 1.54) is 6.26 Å². The van der Waals surface area contributed by atoms with Crippen molar-refractivity contribution in [1.29, 1.82) is 0 Å². The molecule has 26 heavy (non-hydrogen) atoms. The standard InChI is InChI=1S/C18H17ClN4O3/c1-2-23-11-15(21-17(24)12-5-7-13(19)8-6-12)16(22-23)18(25)20-10-14-4-3-9-26-14/h3-9,11H,2,10H2,1H3,(H,20,25)(H,21,24). The average molecular weight is 373 g/mol. The lowest BCUT2D eigenvalue weighted by atomic mass is 10.2. The summed E-state index contributed by atoms with van der Waals surface area (Å²) in [4.78, 5) is 24.9. The Bertz CT molecular complexity index is 901. The fraction of sp³-hybridized carbons (Fsp3) is 0.167. The number of furan rings is 1. The molecule has 0 spiro atoms. The van der Waals surface area contributed by atoms with E-state index in [2.05, 4.69) is 15.7 Å². The number of halogens is 1. The number of carbonyl (C=O) groups excluding carboxylic acids is 2. The van der Waals surface area contributed by atoms with Gasteiger partial charge in [-0.25, -0.2) is 0 Å². The highest BCUT2D eigenvalue weighted by atomic mass is 35.5. The number of anilines is 1. The van der Waals surface area contributed by atoms with Gasteiger partial charge in [0.1, 0.15) is 5.76 Å². The summed E-state index contributed by atoms with van der Waals surface area (Å²) in [6.07, 6.45) is 3.15. The lowest BCUT2D eigenvalue weighted by molar-refractivity contribution is 0.0943.